The summed E-state index contributed by atoms with van der Waals surface area (Å²) in [6, 6.07) is 5.64. The summed E-state index contributed by atoms with van der Waals surface area (Å²) in [5, 5.41) is 1.39. The minimum Gasteiger partial charge on any atom is -0.358 e. The molecule has 1 nitrogen and oxygen atoms in total. The van der Waals surface area contributed by atoms with E-state index in [-0.39, 0.29) is 49.6 Å². The summed E-state index contributed by atoms with van der Waals surface area (Å²) in [7, 11) is -1.48. The minimum absolute atomic E-state index is 0. The van der Waals surface area contributed by atoms with Gasteiger partial charge in [0, 0.05) is 6.20 Å². The Balaban J connectivity index is -0.000000109. The third-order valence-electron chi connectivity index (χ3n) is 2.18. The summed E-state index contributed by atoms with van der Waals surface area (Å²) in [5.74, 6) is 0. The van der Waals surface area contributed by atoms with E-state index < -0.39 is 7.38 Å². The topological polar surface area (TPSA) is 12.9 Å². The monoisotopic (exact) mass is 388 g/mol. The molecule has 0 aromatic carbocycles. The maximum atomic E-state index is 6.15. The van der Waals surface area contributed by atoms with Crippen LogP contribution in [0.1, 0.15) is 12.1 Å². The van der Waals surface area contributed by atoms with Crippen molar-refractivity contribution in [1.29, 1.82) is 0 Å². The fourth-order valence-corrected chi connectivity index (χ4v) is 2.59. The third kappa shape index (κ3) is 11.9. The van der Waals surface area contributed by atoms with E-state index in [9.17, 15) is 0 Å². The van der Waals surface area contributed by atoms with Crippen LogP contribution in [0.2, 0.25) is 13.1 Å². The van der Waals surface area contributed by atoms with Gasteiger partial charge in [-0.05, 0) is 0 Å². The molecular formula is C14H21Cl3CrNSi. The molecular weight excluding hydrogens is 369 g/mol. The molecule has 0 spiro atoms. The van der Waals surface area contributed by atoms with Crippen LogP contribution in [0, 0.1) is 20.4 Å². The van der Waals surface area contributed by atoms with Crippen molar-refractivity contribution in [2.75, 3.05) is 0 Å². The summed E-state index contributed by atoms with van der Waals surface area (Å²) in [6.45, 7) is 7.89. The second kappa shape index (κ2) is 14.1. The van der Waals surface area contributed by atoms with Gasteiger partial charge >= 0.3 is 17.4 Å². The summed E-state index contributed by atoms with van der Waals surface area (Å²) < 4.78 is 0. The smallest absolute Gasteiger partial charge is 0.358 e. The number of aromatic nitrogens is 1. The Morgan fingerprint density at radius 3 is 2.10 bits per heavy atom. The number of hydrogen-bond donors (Lipinski definition) is 0. The zero-order chi connectivity index (χ0) is 12.0. The van der Waals surface area contributed by atoms with Gasteiger partial charge in [0.1, 0.15) is 0 Å². The Morgan fingerprint density at radius 1 is 1.30 bits per heavy atom. The first-order chi connectivity index (χ1) is 7.50. The quantitative estimate of drug-likeness (QED) is 0.365. The van der Waals surface area contributed by atoms with Gasteiger partial charge in [0.2, 0.25) is 0 Å². The standard InChI is InChI=1S/C7H10ClSi.C6H6N.CH3.2ClH.Cr/c1-9(2,8)7-5-3-4-6-7;1-6-4-2-3-5-7-6;;;;/h3,5H,6H2,1-2H3;2-5H,1H2;1H3;2*1H;/q3*-1;;;+3. The van der Waals surface area contributed by atoms with E-state index in [0.29, 0.717) is 0 Å². The van der Waals surface area contributed by atoms with E-state index in [1.807, 2.05) is 24.3 Å². The van der Waals surface area contributed by atoms with Crippen molar-refractivity contribution >= 4 is 43.3 Å². The van der Waals surface area contributed by atoms with Crippen LogP contribution in [0.5, 0.6) is 0 Å². The average molecular weight is 390 g/mol. The van der Waals surface area contributed by atoms with Gasteiger partial charge < -0.3 is 7.43 Å². The van der Waals surface area contributed by atoms with E-state index in [2.05, 4.69) is 37.2 Å². The van der Waals surface area contributed by atoms with Gasteiger partial charge in [-0.25, -0.2) is 19.1 Å². The number of rotatable bonds is 1. The molecule has 1 aliphatic rings. The van der Waals surface area contributed by atoms with Gasteiger partial charge in [0.05, 0.1) is 0 Å². The van der Waals surface area contributed by atoms with Crippen LogP contribution in [-0.4, -0.2) is 12.4 Å². The second-order valence-corrected chi connectivity index (χ2v) is 10.5. The average Bonchev–Trinajstić information content (AvgIpc) is 2.71. The van der Waals surface area contributed by atoms with E-state index in [4.69, 9.17) is 11.1 Å². The molecule has 0 aliphatic heterocycles. The van der Waals surface area contributed by atoms with Crippen LogP contribution in [0.4, 0.5) is 0 Å². The molecule has 0 amide bonds. The van der Waals surface area contributed by atoms with Crippen LogP contribution in [0.15, 0.2) is 41.7 Å². The van der Waals surface area contributed by atoms with Gasteiger partial charge in [-0.3, -0.25) is 11.1 Å². The molecule has 0 unspecified atom stereocenters. The Bertz CT molecular complexity index is 389. The maximum absolute atomic E-state index is 6.15. The third-order valence-corrected chi connectivity index (χ3v) is 4.78. The second-order valence-electron chi connectivity index (χ2n) is 4.03. The Kier molecular flexibility index (Phi) is 19.9. The van der Waals surface area contributed by atoms with Gasteiger partial charge in [-0.2, -0.15) is 22.3 Å². The van der Waals surface area contributed by atoms with E-state index >= 15 is 0 Å². The maximum Gasteiger partial charge on any atom is 3.00 e. The molecule has 0 saturated carbocycles. The van der Waals surface area contributed by atoms with Crippen molar-refractivity contribution in [2.24, 2.45) is 0 Å². The Labute approximate surface area is 152 Å². The molecule has 0 atom stereocenters. The first kappa shape index (κ1) is 28.3. The molecule has 6 heteroatoms. The summed E-state index contributed by atoms with van der Waals surface area (Å²) in [6.07, 6.45) is 9.86. The molecule has 0 fully saturated rings. The molecule has 1 radical (unpaired) electrons. The van der Waals surface area contributed by atoms with Crippen LogP contribution >= 0.6 is 35.9 Å². The Hall–Kier alpha value is 0.119. The molecule has 0 saturated heterocycles. The van der Waals surface area contributed by atoms with Crippen molar-refractivity contribution in [3.8, 4) is 0 Å². The van der Waals surface area contributed by atoms with Crippen molar-refractivity contribution < 1.29 is 17.4 Å². The van der Waals surface area contributed by atoms with Crippen molar-refractivity contribution in [3.05, 3.63) is 67.9 Å². The number of halogens is 3. The number of pyridine rings is 1. The molecule has 1 aromatic rings. The predicted molar refractivity (Wildman–Crippen MR) is 93.5 cm³/mol. The van der Waals surface area contributed by atoms with E-state index in [1.165, 1.54) is 5.20 Å². The first-order valence-electron chi connectivity index (χ1n) is 5.18. The summed E-state index contributed by atoms with van der Waals surface area (Å²) >= 11 is 6.15. The zero-order valence-corrected chi connectivity index (χ0v) is 16.6. The number of nitrogens with zero attached hydrogens (tertiary/aromatic N) is 1. The number of hydrogen-bond acceptors (Lipinski definition) is 1. The van der Waals surface area contributed by atoms with Gasteiger partial charge in [-0.1, -0.05) is 19.2 Å². The van der Waals surface area contributed by atoms with Gasteiger partial charge in [-0.15, -0.1) is 43.0 Å². The fraction of sp³-hybridized carbons (Fsp3) is 0.214. The van der Waals surface area contributed by atoms with Crippen molar-refractivity contribution in [3.63, 3.8) is 0 Å². The van der Waals surface area contributed by atoms with Gasteiger partial charge in [0.15, 0.2) is 7.38 Å². The van der Waals surface area contributed by atoms with Crippen molar-refractivity contribution in [1.82, 2.24) is 4.98 Å². The van der Waals surface area contributed by atoms with Crippen LogP contribution in [-0.2, 0) is 17.4 Å². The Morgan fingerprint density at radius 2 is 1.90 bits per heavy atom. The molecule has 0 bridgehead atoms. The largest absolute Gasteiger partial charge is 3.00 e. The van der Waals surface area contributed by atoms with Crippen LogP contribution < -0.4 is 0 Å². The molecule has 0 N–H and O–H groups in total. The first-order valence-corrected chi connectivity index (χ1v) is 9.19. The molecule has 113 valence electrons. The normalized spacial score (nSPS) is 11.2. The fourth-order valence-electron chi connectivity index (χ4n) is 1.19. The molecule has 20 heavy (non-hydrogen) atoms. The predicted octanol–water partition coefficient (Wildman–Crippen LogP) is 5.21. The summed E-state index contributed by atoms with van der Waals surface area (Å²) in [4.78, 5) is 3.87. The molecule has 1 aromatic heterocycles. The minimum atomic E-state index is -1.48. The van der Waals surface area contributed by atoms with Crippen LogP contribution in [0.3, 0.4) is 0 Å². The molecule has 2 rings (SSSR count). The van der Waals surface area contributed by atoms with Crippen LogP contribution in [0.25, 0.3) is 0 Å². The van der Waals surface area contributed by atoms with E-state index in [0.717, 1.165) is 12.1 Å². The number of allylic oxidation sites excluding steroid dienone is 4. The summed E-state index contributed by atoms with van der Waals surface area (Å²) in [5.41, 5.74) is 0.822. The molecule has 1 aliphatic carbocycles. The van der Waals surface area contributed by atoms with Crippen molar-refractivity contribution in [2.45, 2.75) is 19.5 Å². The zero-order valence-electron chi connectivity index (χ0n) is 11.9. The molecule has 1 heterocycles. The van der Waals surface area contributed by atoms with E-state index in [1.54, 1.807) is 6.20 Å². The van der Waals surface area contributed by atoms with Gasteiger partial charge in [0.25, 0.3) is 0 Å². The SMILES string of the molecule is C[Si](C)(Cl)C1=CC=[C-]C1.Cl.Cl.[CH2-]c1ccccn1.[CH3-].[Cr+3].